The van der Waals surface area contributed by atoms with Crippen LogP contribution in [-0.4, -0.2) is 55.6 Å². The van der Waals surface area contributed by atoms with E-state index >= 15 is 0 Å². The molecule has 10 nitrogen and oxygen atoms in total. The van der Waals surface area contributed by atoms with Crippen LogP contribution >= 0.6 is 22.9 Å². The molecule has 0 aliphatic carbocycles. The fraction of sp³-hybridized carbons (Fsp3) is 0.259. The molecule has 6 rings (SSSR count). The number of thiazole rings is 1. The Bertz CT molecular complexity index is 1650. The first-order valence-corrected chi connectivity index (χ1v) is 13.7. The molecule has 1 saturated heterocycles. The molecule has 1 amide bonds. The fourth-order valence-electron chi connectivity index (χ4n) is 4.82. The number of carbonyl (C=O) groups is 1. The van der Waals surface area contributed by atoms with Gasteiger partial charge < -0.3 is 14.2 Å². The van der Waals surface area contributed by atoms with Crippen LogP contribution in [0.5, 0.6) is 5.75 Å². The zero-order valence-electron chi connectivity index (χ0n) is 21.3. The number of hydrogen-bond acceptors (Lipinski definition) is 9. The molecular formula is C27H25ClN8O2S. The van der Waals surface area contributed by atoms with Crippen LogP contribution in [0.3, 0.4) is 0 Å². The van der Waals surface area contributed by atoms with E-state index in [4.69, 9.17) is 21.3 Å². The first kappa shape index (κ1) is 25.2. The molecule has 0 atom stereocenters. The SMILES string of the molecule is COc1ccc(Cl)cc1-c1cc(C)ncc1C(=O)Nc1nc2ncc(N3CCC(n4ccnc4)CC3)nc2s1. The Morgan fingerprint density at radius 2 is 1.97 bits per heavy atom. The maximum Gasteiger partial charge on any atom is 0.259 e. The van der Waals surface area contributed by atoms with Gasteiger partial charge >= 0.3 is 0 Å². The van der Waals surface area contributed by atoms with Crippen molar-refractivity contribution in [1.29, 1.82) is 0 Å². The third kappa shape index (κ3) is 5.15. The predicted molar refractivity (Wildman–Crippen MR) is 152 cm³/mol. The molecule has 0 radical (unpaired) electrons. The Labute approximate surface area is 233 Å². The average Bonchev–Trinajstić information content (AvgIpc) is 3.63. The van der Waals surface area contributed by atoms with Crippen molar-refractivity contribution in [2.45, 2.75) is 25.8 Å². The topological polar surface area (TPSA) is 111 Å². The van der Waals surface area contributed by atoms with E-state index in [9.17, 15) is 4.79 Å². The highest BCUT2D eigenvalue weighted by Gasteiger charge is 2.23. The summed E-state index contributed by atoms with van der Waals surface area (Å²) in [5.74, 6) is 1.07. The van der Waals surface area contributed by atoms with Gasteiger partial charge in [-0.05, 0) is 44.0 Å². The monoisotopic (exact) mass is 560 g/mol. The minimum atomic E-state index is -0.347. The lowest BCUT2D eigenvalue weighted by Gasteiger charge is -2.33. The van der Waals surface area contributed by atoms with Crippen LogP contribution in [0.2, 0.25) is 5.02 Å². The maximum atomic E-state index is 13.4. The number of rotatable bonds is 6. The normalized spacial score (nSPS) is 14.1. The minimum absolute atomic E-state index is 0.347. The lowest BCUT2D eigenvalue weighted by molar-refractivity contribution is 0.102. The van der Waals surface area contributed by atoms with Gasteiger partial charge in [0.05, 0.1) is 25.2 Å². The van der Waals surface area contributed by atoms with Crippen molar-refractivity contribution in [3.63, 3.8) is 0 Å². The van der Waals surface area contributed by atoms with Crippen LogP contribution < -0.4 is 15.0 Å². The molecule has 1 aromatic carbocycles. The van der Waals surface area contributed by atoms with Crippen LogP contribution in [0.25, 0.3) is 21.6 Å². The largest absolute Gasteiger partial charge is 0.496 e. The summed E-state index contributed by atoms with van der Waals surface area (Å²) >= 11 is 7.56. The number of fused-ring (bicyclic) bond motifs is 1. The number of nitrogens with one attached hydrogen (secondary N) is 1. The smallest absolute Gasteiger partial charge is 0.259 e. The number of halogens is 1. The summed E-state index contributed by atoms with van der Waals surface area (Å²) in [4.78, 5) is 38.6. The summed E-state index contributed by atoms with van der Waals surface area (Å²) in [5, 5.41) is 3.85. The molecule has 1 aliphatic rings. The number of hydrogen-bond donors (Lipinski definition) is 1. The van der Waals surface area contributed by atoms with Gasteiger partial charge in [0.15, 0.2) is 15.6 Å². The van der Waals surface area contributed by atoms with Crippen LogP contribution in [0.15, 0.2) is 55.4 Å². The van der Waals surface area contributed by atoms with E-state index in [2.05, 4.69) is 34.7 Å². The predicted octanol–water partition coefficient (Wildman–Crippen LogP) is 5.41. The van der Waals surface area contributed by atoms with Crippen molar-refractivity contribution in [2.75, 3.05) is 30.4 Å². The molecule has 198 valence electrons. The van der Waals surface area contributed by atoms with E-state index < -0.39 is 0 Å². The molecular weight excluding hydrogens is 536 g/mol. The number of aryl methyl sites for hydroxylation is 1. The molecule has 39 heavy (non-hydrogen) atoms. The number of benzene rings is 1. The number of methoxy groups -OCH3 is 1. The highest BCUT2D eigenvalue weighted by Crippen LogP contribution is 2.35. The van der Waals surface area contributed by atoms with Crippen molar-refractivity contribution < 1.29 is 9.53 Å². The number of aromatic nitrogens is 6. The fourth-order valence-corrected chi connectivity index (χ4v) is 5.78. The Balaban J connectivity index is 1.22. The van der Waals surface area contributed by atoms with Crippen LogP contribution in [0.1, 0.15) is 34.9 Å². The van der Waals surface area contributed by atoms with Gasteiger partial charge in [-0.3, -0.25) is 15.1 Å². The number of nitrogens with zero attached hydrogens (tertiary/aromatic N) is 7. The third-order valence-electron chi connectivity index (χ3n) is 6.80. The van der Waals surface area contributed by atoms with Gasteiger partial charge in [0.1, 0.15) is 11.6 Å². The number of anilines is 2. The number of pyridine rings is 1. The lowest BCUT2D eigenvalue weighted by atomic mass is 9.99. The van der Waals surface area contributed by atoms with Crippen molar-refractivity contribution in [3.05, 3.63) is 71.7 Å². The second-order valence-electron chi connectivity index (χ2n) is 9.27. The Morgan fingerprint density at radius 3 is 2.74 bits per heavy atom. The van der Waals surface area contributed by atoms with Gasteiger partial charge in [0.25, 0.3) is 5.91 Å². The van der Waals surface area contributed by atoms with Gasteiger partial charge in [0, 0.05) is 59.6 Å². The van der Waals surface area contributed by atoms with E-state index in [1.165, 1.54) is 11.3 Å². The lowest BCUT2D eigenvalue weighted by Crippen LogP contribution is -2.35. The highest BCUT2D eigenvalue weighted by molar-refractivity contribution is 7.21. The number of carbonyl (C=O) groups excluding carboxylic acids is 1. The molecule has 0 spiro atoms. The van der Waals surface area contributed by atoms with Gasteiger partial charge in [-0.2, -0.15) is 4.98 Å². The minimum Gasteiger partial charge on any atom is -0.496 e. The standard InChI is InChI=1S/C27H25ClN8O2S/c1-16-11-19(20-12-17(28)3-4-22(20)38-2)21(13-30-16)25(37)34-27-33-24-26(39-27)32-23(14-31-24)35-8-5-18(6-9-35)36-10-7-29-15-36/h3-4,7,10-15,18H,5-6,8-9H2,1-2H3,(H,31,33,34,37). The number of piperidine rings is 1. The maximum absolute atomic E-state index is 13.4. The zero-order chi connectivity index (χ0) is 26.9. The number of ether oxygens (including phenoxy) is 1. The van der Waals surface area contributed by atoms with Crippen molar-refractivity contribution in [2.24, 2.45) is 0 Å². The van der Waals surface area contributed by atoms with E-state index in [1.54, 1.807) is 37.7 Å². The molecule has 0 bridgehead atoms. The molecule has 12 heteroatoms. The second kappa shape index (κ2) is 10.6. The van der Waals surface area contributed by atoms with Crippen molar-refractivity contribution >= 4 is 50.3 Å². The Hall–Kier alpha value is -4.09. The van der Waals surface area contributed by atoms with Crippen LogP contribution in [0, 0.1) is 6.92 Å². The summed E-state index contributed by atoms with van der Waals surface area (Å²) in [7, 11) is 1.58. The number of imidazole rings is 1. The van der Waals surface area contributed by atoms with Gasteiger partial charge in [0.2, 0.25) is 0 Å². The van der Waals surface area contributed by atoms with Gasteiger partial charge in [-0.25, -0.2) is 15.0 Å². The molecule has 1 aliphatic heterocycles. The molecule has 5 heterocycles. The summed E-state index contributed by atoms with van der Waals surface area (Å²) < 4.78 is 7.70. The van der Waals surface area contributed by atoms with E-state index in [0.29, 0.717) is 49.1 Å². The quantitative estimate of drug-likeness (QED) is 0.293. The first-order chi connectivity index (χ1) is 19.0. The highest BCUT2D eigenvalue weighted by atomic mass is 35.5. The molecule has 0 unspecified atom stereocenters. The summed E-state index contributed by atoms with van der Waals surface area (Å²) in [6, 6.07) is 7.58. The Morgan fingerprint density at radius 1 is 1.13 bits per heavy atom. The summed E-state index contributed by atoms with van der Waals surface area (Å²) in [5.41, 5.74) is 3.00. The average molecular weight is 561 g/mol. The number of amides is 1. The van der Waals surface area contributed by atoms with Crippen molar-refractivity contribution in [3.8, 4) is 16.9 Å². The van der Waals surface area contributed by atoms with E-state index in [1.807, 2.05) is 31.7 Å². The Kier molecular flexibility index (Phi) is 6.84. The van der Waals surface area contributed by atoms with E-state index in [0.717, 1.165) is 37.4 Å². The molecule has 0 saturated carbocycles. The molecule has 1 N–H and O–H groups in total. The molecule has 5 aromatic rings. The molecule has 1 fully saturated rings. The van der Waals surface area contributed by atoms with Gasteiger partial charge in [-0.1, -0.05) is 22.9 Å². The van der Waals surface area contributed by atoms with Crippen LogP contribution in [0.4, 0.5) is 10.9 Å². The third-order valence-corrected chi connectivity index (χ3v) is 7.89. The first-order valence-electron chi connectivity index (χ1n) is 12.5. The summed E-state index contributed by atoms with van der Waals surface area (Å²) in [6.07, 6.45) is 11.0. The van der Waals surface area contributed by atoms with Crippen molar-refractivity contribution in [1.82, 2.24) is 29.5 Å². The second-order valence-corrected chi connectivity index (χ2v) is 10.7. The van der Waals surface area contributed by atoms with Crippen LogP contribution in [-0.2, 0) is 0 Å². The molecule has 4 aromatic heterocycles. The zero-order valence-corrected chi connectivity index (χ0v) is 22.9. The van der Waals surface area contributed by atoms with Gasteiger partial charge in [-0.15, -0.1) is 0 Å². The summed E-state index contributed by atoms with van der Waals surface area (Å²) in [6.45, 7) is 3.62. The van der Waals surface area contributed by atoms with E-state index in [-0.39, 0.29) is 5.91 Å².